The molecular formula is C28H35N5O5. The zero-order valence-electron chi connectivity index (χ0n) is 21.8. The molecule has 1 fully saturated rings. The number of nitrogens with one attached hydrogen (secondary N) is 1. The SMILES string of the molecule is CCOc1cc(-c2ccc(OCCN3CCCC3)c(CC(C)C(=O)O)c2)ccc1-c1nc(N)c(N)c(=O)[nH]1. The maximum Gasteiger partial charge on any atom is 0.306 e. The number of ether oxygens (including phenoxy) is 2. The number of aromatic nitrogens is 2. The first-order valence-electron chi connectivity index (χ1n) is 12.9. The Morgan fingerprint density at radius 2 is 1.82 bits per heavy atom. The molecule has 202 valence electrons. The van der Waals surface area contributed by atoms with Crippen LogP contribution in [0.3, 0.4) is 0 Å². The van der Waals surface area contributed by atoms with E-state index < -0.39 is 17.4 Å². The van der Waals surface area contributed by atoms with Gasteiger partial charge in [0.05, 0.1) is 18.1 Å². The lowest BCUT2D eigenvalue weighted by molar-refractivity contribution is -0.141. The van der Waals surface area contributed by atoms with Gasteiger partial charge in [0.15, 0.2) is 5.82 Å². The Hall–Kier alpha value is -4.05. The minimum Gasteiger partial charge on any atom is -0.493 e. The molecule has 38 heavy (non-hydrogen) atoms. The molecule has 4 rings (SSSR count). The summed E-state index contributed by atoms with van der Waals surface area (Å²) in [4.78, 5) is 33.0. The van der Waals surface area contributed by atoms with Crippen molar-refractivity contribution in [1.82, 2.24) is 14.9 Å². The van der Waals surface area contributed by atoms with E-state index in [0.717, 1.165) is 36.3 Å². The molecule has 10 nitrogen and oxygen atoms in total. The van der Waals surface area contributed by atoms with Crippen LogP contribution in [0.1, 0.15) is 32.3 Å². The summed E-state index contributed by atoms with van der Waals surface area (Å²) in [6.45, 7) is 7.54. The number of aromatic amines is 1. The third-order valence-corrected chi connectivity index (χ3v) is 6.73. The first-order valence-corrected chi connectivity index (χ1v) is 12.9. The second kappa shape index (κ2) is 12.0. The Kier molecular flexibility index (Phi) is 8.52. The van der Waals surface area contributed by atoms with E-state index in [2.05, 4.69) is 14.9 Å². The lowest BCUT2D eigenvalue weighted by atomic mass is 9.95. The smallest absolute Gasteiger partial charge is 0.306 e. The predicted octanol–water partition coefficient (Wildman–Crippen LogP) is 3.40. The Morgan fingerprint density at radius 3 is 2.50 bits per heavy atom. The van der Waals surface area contributed by atoms with Gasteiger partial charge in [-0.25, -0.2) is 4.98 Å². The van der Waals surface area contributed by atoms with E-state index in [1.807, 2.05) is 37.3 Å². The van der Waals surface area contributed by atoms with E-state index in [9.17, 15) is 14.7 Å². The van der Waals surface area contributed by atoms with E-state index >= 15 is 0 Å². The Bertz CT molecular complexity index is 1350. The highest BCUT2D eigenvalue weighted by Crippen LogP contribution is 2.35. The van der Waals surface area contributed by atoms with Gasteiger partial charge in [0.2, 0.25) is 0 Å². The molecule has 3 aromatic rings. The van der Waals surface area contributed by atoms with Crippen LogP contribution in [0.25, 0.3) is 22.5 Å². The molecule has 0 bridgehead atoms. The van der Waals surface area contributed by atoms with E-state index in [-0.39, 0.29) is 17.3 Å². The van der Waals surface area contributed by atoms with E-state index in [1.54, 1.807) is 13.0 Å². The molecule has 1 saturated heterocycles. The van der Waals surface area contributed by atoms with Crippen molar-refractivity contribution in [2.24, 2.45) is 5.92 Å². The van der Waals surface area contributed by atoms with Gasteiger partial charge in [0, 0.05) is 6.54 Å². The summed E-state index contributed by atoms with van der Waals surface area (Å²) in [5, 5.41) is 9.52. The van der Waals surface area contributed by atoms with Crippen molar-refractivity contribution in [2.75, 3.05) is 44.3 Å². The number of aliphatic carboxylic acids is 1. The number of anilines is 2. The third kappa shape index (κ3) is 6.25. The minimum absolute atomic E-state index is 0.0483. The van der Waals surface area contributed by atoms with Crippen molar-refractivity contribution in [2.45, 2.75) is 33.1 Å². The van der Waals surface area contributed by atoms with Gasteiger partial charge in [-0.05, 0) is 80.2 Å². The average Bonchev–Trinajstić information content (AvgIpc) is 3.41. The molecule has 2 heterocycles. The van der Waals surface area contributed by atoms with Crippen LogP contribution in [0, 0.1) is 5.92 Å². The number of likely N-dealkylation sites (tertiary alicyclic amines) is 1. The third-order valence-electron chi connectivity index (χ3n) is 6.73. The van der Waals surface area contributed by atoms with Crippen LogP contribution in [-0.4, -0.2) is 58.8 Å². The van der Waals surface area contributed by atoms with Crippen LogP contribution in [0.4, 0.5) is 11.5 Å². The molecule has 0 radical (unpaired) electrons. The van der Waals surface area contributed by atoms with Crippen LogP contribution in [0.2, 0.25) is 0 Å². The molecule has 2 aromatic carbocycles. The lowest BCUT2D eigenvalue weighted by Gasteiger charge is -2.18. The number of carbonyl (C=O) groups is 1. The number of benzene rings is 2. The van der Waals surface area contributed by atoms with E-state index in [4.69, 9.17) is 20.9 Å². The molecule has 1 aromatic heterocycles. The van der Waals surface area contributed by atoms with Crippen LogP contribution in [0.15, 0.2) is 41.2 Å². The van der Waals surface area contributed by atoms with E-state index in [0.29, 0.717) is 36.7 Å². The fraction of sp³-hybridized carbons (Fsp3) is 0.393. The van der Waals surface area contributed by atoms with Crippen molar-refractivity contribution in [3.8, 4) is 34.0 Å². The highest BCUT2D eigenvalue weighted by molar-refractivity contribution is 5.76. The zero-order valence-corrected chi connectivity index (χ0v) is 21.8. The van der Waals surface area contributed by atoms with Gasteiger partial charge in [-0.3, -0.25) is 14.5 Å². The molecule has 0 saturated carbocycles. The molecule has 1 aliphatic heterocycles. The fourth-order valence-corrected chi connectivity index (χ4v) is 4.57. The summed E-state index contributed by atoms with van der Waals surface area (Å²) in [5.41, 5.74) is 14.0. The van der Waals surface area contributed by atoms with Gasteiger partial charge in [-0.2, -0.15) is 0 Å². The monoisotopic (exact) mass is 521 g/mol. The van der Waals surface area contributed by atoms with Crippen LogP contribution in [0.5, 0.6) is 11.5 Å². The van der Waals surface area contributed by atoms with Crippen LogP contribution < -0.4 is 26.5 Å². The number of carboxylic acid groups (broad SMARTS) is 1. The molecule has 0 aliphatic carbocycles. The molecule has 0 spiro atoms. The topological polar surface area (TPSA) is 157 Å². The van der Waals surface area contributed by atoms with Gasteiger partial charge in [-0.15, -0.1) is 0 Å². The summed E-state index contributed by atoms with van der Waals surface area (Å²) in [7, 11) is 0. The first kappa shape index (κ1) is 27.0. The predicted molar refractivity (Wildman–Crippen MR) is 147 cm³/mol. The minimum atomic E-state index is -0.856. The van der Waals surface area contributed by atoms with Crippen molar-refractivity contribution in [1.29, 1.82) is 0 Å². The average molecular weight is 522 g/mol. The number of H-pyrrole nitrogens is 1. The number of nitrogens with zero attached hydrogens (tertiary/aromatic N) is 2. The van der Waals surface area contributed by atoms with Crippen molar-refractivity contribution in [3.63, 3.8) is 0 Å². The van der Waals surface area contributed by atoms with Crippen LogP contribution >= 0.6 is 0 Å². The molecule has 1 unspecified atom stereocenters. The number of rotatable bonds is 11. The van der Waals surface area contributed by atoms with Crippen molar-refractivity contribution >= 4 is 17.5 Å². The summed E-state index contributed by atoms with van der Waals surface area (Å²) >= 11 is 0. The van der Waals surface area contributed by atoms with Crippen molar-refractivity contribution < 1.29 is 19.4 Å². The standard InChI is InChI=1S/C28H35N5O5/c1-3-37-23-16-19(6-8-21(23)26-31-25(30)24(29)27(34)32-26)18-7-9-22(20(15-18)14-17(2)28(35)36)38-13-12-33-10-4-5-11-33/h6-9,15-17H,3-5,10-14,29H2,1-2H3,(H,35,36)(H3,30,31,32,34). The summed E-state index contributed by atoms with van der Waals surface area (Å²) in [6.07, 6.45) is 2.78. The normalized spacial score (nSPS) is 14.4. The second-order valence-electron chi connectivity index (χ2n) is 9.52. The maximum absolute atomic E-state index is 12.1. The number of hydrogen-bond donors (Lipinski definition) is 4. The Balaban J connectivity index is 1.65. The zero-order chi connectivity index (χ0) is 27.2. The molecular weight excluding hydrogens is 486 g/mol. The second-order valence-corrected chi connectivity index (χ2v) is 9.52. The number of nitrogen functional groups attached to an aromatic ring is 2. The summed E-state index contributed by atoms with van der Waals surface area (Å²) < 4.78 is 12.0. The number of nitrogens with two attached hydrogens (primary N) is 2. The molecule has 1 aliphatic rings. The number of carboxylic acids is 1. The Labute approximate surface area is 221 Å². The molecule has 0 amide bonds. The Morgan fingerprint density at radius 1 is 1.11 bits per heavy atom. The summed E-state index contributed by atoms with van der Waals surface area (Å²) in [5.74, 6) is 0.00448. The highest BCUT2D eigenvalue weighted by Gasteiger charge is 2.18. The highest BCUT2D eigenvalue weighted by atomic mass is 16.5. The van der Waals surface area contributed by atoms with Gasteiger partial charge in [-0.1, -0.05) is 19.1 Å². The van der Waals surface area contributed by atoms with Gasteiger partial charge >= 0.3 is 5.97 Å². The quantitative estimate of drug-likeness (QED) is 0.297. The lowest BCUT2D eigenvalue weighted by Crippen LogP contribution is -2.25. The largest absolute Gasteiger partial charge is 0.493 e. The van der Waals surface area contributed by atoms with Gasteiger partial charge in [0.25, 0.3) is 5.56 Å². The molecule has 1 atom stereocenters. The van der Waals surface area contributed by atoms with Gasteiger partial charge < -0.3 is 31.0 Å². The van der Waals surface area contributed by atoms with Crippen LogP contribution in [-0.2, 0) is 11.2 Å². The van der Waals surface area contributed by atoms with Crippen molar-refractivity contribution in [3.05, 3.63) is 52.3 Å². The first-order chi connectivity index (χ1) is 18.3. The number of hydrogen-bond acceptors (Lipinski definition) is 8. The molecule has 6 N–H and O–H groups in total. The van der Waals surface area contributed by atoms with E-state index in [1.165, 1.54) is 12.8 Å². The molecule has 10 heteroatoms. The summed E-state index contributed by atoms with van der Waals surface area (Å²) in [6, 6.07) is 11.4. The van der Waals surface area contributed by atoms with Gasteiger partial charge in [0.1, 0.15) is 29.6 Å². The fourth-order valence-electron chi connectivity index (χ4n) is 4.57. The maximum atomic E-state index is 12.1.